The predicted molar refractivity (Wildman–Crippen MR) is 79.8 cm³/mol. The monoisotopic (exact) mass is 271 g/mol. The Hall–Kier alpha value is -1.88. The van der Waals surface area contributed by atoms with Crippen molar-refractivity contribution >= 4 is 5.95 Å². The maximum Gasteiger partial charge on any atom is 0.244 e. The number of hydrogen-bond acceptors (Lipinski definition) is 4. The van der Waals surface area contributed by atoms with Gasteiger partial charge in [-0.25, -0.2) is 0 Å². The zero-order valence-electron chi connectivity index (χ0n) is 11.8. The third-order valence-corrected chi connectivity index (χ3v) is 3.76. The van der Waals surface area contributed by atoms with Crippen molar-refractivity contribution in [3.63, 3.8) is 0 Å². The largest absolute Gasteiger partial charge is 0.338 e. The van der Waals surface area contributed by atoms with E-state index in [0.29, 0.717) is 0 Å². The van der Waals surface area contributed by atoms with Crippen LogP contribution >= 0.6 is 0 Å². The molecule has 0 spiro atoms. The number of anilines is 1. The second kappa shape index (κ2) is 5.63. The number of nitrogens with two attached hydrogens (primary N) is 1. The molecule has 1 aromatic carbocycles. The summed E-state index contributed by atoms with van der Waals surface area (Å²) in [4.78, 5) is 6.72. The first kappa shape index (κ1) is 13.1. The molecule has 5 nitrogen and oxygen atoms in total. The van der Waals surface area contributed by atoms with Gasteiger partial charge in [0.1, 0.15) is 5.82 Å². The molecule has 1 aliphatic heterocycles. The van der Waals surface area contributed by atoms with Gasteiger partial charge in [-0.3, -0.25) is 5.10 Å². The number of nitrogens with zero attached hydrogens (tertiary/aromatic N) is 3. The smallest absolute Gasteiger partial charge is 0.244 e. The number of aryl methyl sites for hydroxylation is 3. The van der Waals surface area contributed by atoms with E-state index in [2.05, 4.69) is 51.3 Å². The van der Waals surface area contributed by atoms with E-state index in [-0.39, 0.29) is 6.04 Å². The topological polar surface area (TPSA) is 70.8 Å². The van der Waals surface area contributed by atoms with Gasteiger partial charge >= 0.3 is 0 Å². The Kier molecular flexibility index (Phi) is 3.69. The standard InChI is InChI=1S/C15H21N5/c1-11-3-2-4-12(9-11)5-6-14-17-15(19-18-14)20-8-7-13(16)10-20/h2-4,9,13H,5-8,10,16H2,1H3,(H,17,18,19). The van der Waals surface area contributed by atoms with E-state index < -0.39 is 0 Å². The van der Waals surface area contributed by atoms with E-state index in [9.17, 15) is 0 Å². The highest BCUT2D eigenvalue weighted by Crippen LogP contribution is 2.15. The molecule has 2 heterocycles. The number of rotatable bonds is 4. The SMILES string of the molecule is Cc1cccc(CCc2nc(N3CCC(N)C3)n[nH]2)c1. The summed E-state index contributed by atoms with van der Waals surface area (Å²) in [5, 5.41) is 7.34. The zero-order valence-corrected chi connectivity index (χ0v) is 11.8. The molecular formula is C15H21N5. The van der Waals surface area contributed by atoms with E-state index in [1.54, 1.807) is 0 Å². The number of aromatic nitrogens is 3. The highest BCUT2D eigenvalue weighted by molar-refractivity contribution is 5.31. The first-order valence-electron chi connectivity index (χ1n) is 7.18. The van der Waals surface area contributed by atoms with E-state index in [1.165, 1.54) is 11.1 Å². The molecule has 0 bridgehead atoms. The minimum atomic E-state index is 0.254. The van der Waals surface area contributed by atoms with Crippen LogP contribution in [0.15, 0.2) is 24.3 Å². The van der Waals surface area contributed by atoms with Gasteiger partial charge in [0.2, 0.25) is 5.95 Å². The summed E-state index contributed by atoms with van der Waals surface area (Å²) in [5.74, 6) is 1.74. The summed E-state index contributed by atoms with van der Waals surface area (Å²) < 4.78 is 0. The predicted octanol–water partition coefficient (Wildman–Crippen LogP) is 1.44. The summed E-state index contributed by atoms with van der Waals surface area (Å²) in [6.07, 6.45) is 2.89. The van der Waals surface area contributed by atoms with Crippen molar-refractivity contribution in [2.75, 3.05) is 18.0 Å². The van der Waals surface area contributed by atoms with Crippen LogP contribution < -0.4 is 10.6 Å². The van der Waals surface area contributed by atoms with E-state index in [4.69, 9.17) is 5.73 Å². The van der Waals surface area contributed by atoms with Gasteiger partial charge in [-0.1, -0.05) is 29.8 Å². The second-order valence-corrected chi connectivity index (χ2v) is 5.57. The van der Waals surface area contributed by atoms with Crippen molar-refractivity contribution in [1.29, 1.82) is 0 Å². The van der Waals surface area contributed by atoms with E-state index in [1.807, 2.05) is 0 Å². The summed E-state index contributed by atoms with van der Waals surface area (Å²) in [7, 11) is 0. The van der Waals surface area contributed by atoms with Crippen LogP contribution in [-0.2, 0) is 12.8 Å². The third kappa shape index (κ3) is 2.99. The normalized spacial score (nSPS) is 18.7. The highest BCUT2D eigenvalue weighted by atomic mass is 15.4. The van der Waals surface area contributed by atoms with Gasteiger partial charge in [0.25, 0.3) is 0 Å². The molecule has 3 rings (SSSR count). The second-order valence-electron chi connectivity index (χ2n) is 5.57. The molecule has 1 aromatic heterocycles. The molecule has 2 aromatic rings. The van der Waals surface area contributed by atoms with Gasteiger partial charge < -0.3 is 10.6 Å². The van der Waals surface area contributed by atoms with Crippen molar-refractivity contribution in [3.05, 3.63) is 41.2 Å². The lowest BCUT2D eigenvalue weighted by Gasteiger charge is -2.11. The maximum absolute atomic E-state index is 5.91. The molecule has 5 heteroatoms. The molecule has 0 aliphatic carbocycles. The maximum atomic E-state index is 5.91. The number of H-pyrrole nitrogens is 1. The van der Waals surface area contributed by atoms with Crippen LogP contribution in [0.2, 0.25) is 0 Å². The third-order valence-electron chi connectivity index (χ3n) is 3.76. The molecule has 106 valence electrons. The Bertz CT molecular complexity index is 577. The molecule has 0 saturated carbocycles. The lowest BCUT2D eigenvalue weighted by atomic mass is 10.1. The first-order chi connectivity index (χ1) is 9.70. The number of aromatic amines is 1. The van der Waals surface area contributed by atoms with Gasteiger partial charge in [-0.15, -0.1) is 5.10 Å². The lowest BCUT2D eigenvalue weighted by molar-refractivity contribution is 0.750. The van der Waals surface area contributed by atoms with Gasteiger partial charge in [0.05, 0.1) is 0 Å². The Labute approximate surface area is 119 Å². The molecule has 1 fully saturated rings. The molecule has 3 N–H and O–H groups in total. The Morgan fingerprint density at radius 1 is 1.40 bits per heavy atom. The van der Waals surface area contributed by atoms with Crippen molar-refractivity contribution < 1.29 is 0 Å². The Balaban J connectivity index is 1.60. The lowest BCUT2D eigenvalue weighted by Crippen LogP contribution is -2.27. The number of benzene rings is 1. The van der Waals surface area contributed by atoms with Gasteiger partial charge in [0.15, 0.2) is 0 Å². The highest BCUT2D eigenvalue weighted by Gasteiger charge is 2.22. The van der Waals surface area contributed by atoms with Crippen LogP contribution in [0.1, 0.15) is 23.4 Å². The van der Waals surface area contributed by atoms with Crippen LogP contribution in [-0.4, -0.2) is 34.3 Å². The molecule has 0 radical (unpaired) electrons. The first-order valence-corrected chi connectivity index (χ1v) is 7.18. The van der Waals surface area contributed by atoms with E-state index >= 15 is 0 Å². The number of hydrogen-bond donors (Lipinski definition) is 2. The molecular weight excluding hydrogens is 250 g/mol. The fourth-order valence-electron chi connectivity index (χ4n) is 2.64. The van der Waals surface area contributed by atoms with Crippen LogP contribution in [0.4, 0.5) is 5.95 Å². The summed E-state index contributed by atoms with van der Waals surface area (Å²) in [6, 6.07) is 8.85. The average Bonchev–Trinajstić information content (AvgIpc) is 3.05. The summed E-state index contributed by atoms with van der Waals surface area (Å²) in [5.41, 5.74) is 8.55. The van der Waals surface area contributed by atoms with Gasteiger partial charge in [0, 0.05) is 25.6 Å². The molecule has 1 saturated heterocycles. The van der Waals surface area contributed by atoms with Crippen molar-refractivity contribution in [2.24, 2.45) is 5.73 Å². The van der Waals surface area contributed by atoms with Crippen LogP contribution in [0, 0.1) is 6.92 Å². The quantitative estimate of drug-likeness (QED) is 0.882. The van der Waals surface area contributed by atoms with Crippen LogP contribution in [0.3, 0.4) is 0 Å². The average molecular weight is 271 g/mol. The van der Waals surface area contributed by atoms with E-state index in [0.717, 1.165) is 44.1 Å². The van der Waals surface area contributed by atoms with Crippen molar-refractivity contribution in [2.45, 2.75) is 32.2 Å². The number of nitrogens with one attached hydrogen (secondary N) is 1. The van der Waals surface area contributed by atoms with Crippen molar-refractivity contribution in [1.82, 2.24) is 15.2 Å². The molecule has 0 amide bonds. The molecule has 1 unspecified atom stereocenters. The minimum Gasteiger partial charge on any atom is -0.338 e. The van der Waals surface area contributed by atoms with Crippen LogP contribution in [0.25, 0.3) is 0 Å². The Morgan fingerprint density at radius 2 is 2.30 bits per heavy atom. The fourth-order valence-corrected chi connectivity index (χ4v) is 2.64. The van der Waals surface area contributed by atoms with Gasteiger partial charge in [-0.2, -0.15) is 4.98 Å². The fraction of sp³-hybridized carbons (Fsp3) is 0.467. The van der Waals surface area contributed by atoms with Crippen LogP contribution in [0.5, 0.6) is 0 Å². The molecule has 1 atom stereocenters. The van der Waals surface area contributed by atoms with Gasteiger partial charge in [-0.05, 0) is 25.3 Å². The summed E-state index contributed by atoms with van der Waals surface area (Å²) >= 11 is 0. The Morgan fingerprint density at radius 3 is 3.05 bits per heavy atom. The molecule has 1 aliphatic rings. The molecule has 20 heavy (non-hydrogen) atoms. The summed E-state index contributed by atoms with van der Waals surface area (Å²) in [6.45, 7) is 3.93. The minimum absolute atomic E-state index is 0.254. The van der Waals surface area contributed by atoms with Crippen molar-refractivity contribution in [3.8, 4) is 0 Å². The zero-order chi connectivity index (χ0) is 13.9.